The summed E-state index contributed by atoms with van der Waals surface area (Å²) in [6, 6.07) is 10.5. The molecule has 3 heteroatoms. The molecule has 1 aliphatic heterocycles. The molecule has 3 nitrogen and oxygen atoms in total. The lowest BCUT2D eigenvalue weighted by molar-refractivity contribution is 0.180. The number of nitrogens with zero attached hydrogens (tertiary/aromatic N) is 2. The first-order chi connectivity index (χ1) is 8.51. The van der Waals surface area contributed by atoms with Gasteiger partial charge in [-0.3, -0.25) is 4.99 Å². The van der Waals surface area contributed by atoms with E-state index in [0.717, 1.165) is 19.5 Å². The summed E-state index contributed by atoms with van der Waals surface area (Å²) in [5, 5.41) is 0. The Bertz CT molecular complexity index is 425. The Balaban J connectivity index is 2.15. The van der Waals surface area contributed by atoms with Crippen molar-refractivity contribution >= 4 is 5.96 Å². The molecule has 1 aromatic carbocycles. The van der Waals surface area contributed by atoms with Gasteiger partial charge in [0.1, 0.15) is 0 Å². The molecule has 0 amide bonds. The van der Waals surface area contributed by atoms with Crippen LogP contribution in [0.5, 0.6) is 0 Å². The lowest BCUT2D eigenvalue weighted by atomic mass is 9.89. The molecule has 0 saturated heterocycles. The fourth-order valence-electron chi connectivity index (χ4n) is 2.79. The van der Waals surface area contributed by atoms with Crippen LogP contribution in [0.3, 0.4) is 0 Å². The summed E-state index contributed by atoms with van der Waals surface area (Å²) in [6.45, 7) is 8.42. The van der Waals surface area contributed by atoms with Crippen LogP contribution in [0.1, 0.15) is 32.8 Å². The van der Waals surface area contributed by atoms with Crippen molar-refractivity contribution in [1.82, 2.24) is 4.90 Å². The fourth-order valence-corrected chi connectivity index (χ4v) is 2.79. The summed E-state index contributed by atoms with van der Waals surface area (Å²) in [5.74, 6) is 1.33. The van der Waals surface area contributed by atoms with Gasteiger partial charge in [-0.2, -0.15) is 0 Å². The van der Waals surface area contributed by atoms with Gasteiger partial charge in [-0.05, 0) is 24.8 Å². The summed E-state index contributed by atoms with van der Waals surface area (Å²) in [5.41, 5.74) is 7.40. The Morgan fingerprint density at radius 1 is 1.33 bits per heavy atom. The van der Waals surface area contributed by atoms with E-state index in [1.54, 1.807) is 0 Å². The minimum Gasteiger partial charge on any atom is -0.370 e. The van der Waals surface area contributed by atoms with E-state index >= 15 is 0 Å². The van der Waals surface area contributed by atoms with E-state index in [4.69, 9.17) is 5.73 Å². The van der Waals surface area contributed by atoms with Gasteiger partial charge in [0.15, 0.2) is 5.96 Å². The third-order valence-corrected chi connectivity index (χ3v) is 3.54. The van der Waals surface area contributed by atoms with Crippen molar-refractivity contribution in [3.63, 3.8) is 0 Å². The highest BCUT2D eigenvalue weighted by atomic mass is 15.3. The van der Waals surface area contributed by atoms with Crippen molar-refractivity contribution in [1.29, 1.82) is 0 Å². The molecule has 1 aliphatic rings. The van der Waals surface area contributed by atoms with Crippen molar-refractivity contribution in [3.05, 3.63) is 35.9 Å². The number of benzene rings is 1. The van der Waals surface area contributed by atoms with Crippen molar-refractivity contribution < 1.29 is 0 Å². The lowest BCUT2D eigenvalue weighted by Gasteiger charge is -2.37. The first kappa shape index (κ1) is 12.9. The van der Waals surface area contributed by atoms with Gasteiger partial charge in [-0.25, -0.2) is 0 Å². The van der Waals surface area contributed by atoms with Gasteiger partial charge in [-0.1, -0.05) is 44.2 Å². The Kier molecular flexibility index (Phi) is 3.60. The molecule has 98 valence electrons. The van der Waals surface area contributed by atoms with E-state index in [0.29, 0.717) is 11.9 Å². The van der Waals surface area contributed by atoms with E-state index in [1.165, 1.54) is 5.56 Å². The molecule has 0 aromatic heterocycles. The van der Waals surface area contributed by atoms with Gasteiger partial charge in [-0.15, -0.1) is 0 Å². The highest BCUT2D eigenvalue weighted by molar-refractivity contribution is 5.80. The van der Waals surface area contributed by atoms with Gasteiger partial charge >= 0.3 is 0 Å². The first-order valence-corrected chi connectivity index (χ1v) is 6.63. The molecule has 1 heterocycles. The largest absolute Gasteiger partial charge is 0.370 e. The van der Waals surface area contributed by atoms with E-state index in [2.05, 4.69) is 54.9 Å². The summed E-state index contributed by atoms with van der Waals surface area (Å²) in [6.07, 6.45) is 1.12. The summed E-state index contributed by atoms with van der Waals surface area (Å²) in [7, 11) is 0. The SMILES string of the molecule is CC(C)CC1(C)CN=C(N)N1Cc1ccccc1. The van der Waals surface area contributed by atoms with Gasteiger partial charge in [0.25, 0.3) is 0 Å². The molecule has 2 rings (SSSR count). The second-order valence-electron chi connectivity index (χ2n) is 5.84. The van der Waals surface area contributed by atoms with Gasteiger partial charge < -0.3 is 10.6 Å². The van der Waals surface area contributed by atoms with Crippen molar-refractivity contribution in [3.8, 4) is 0 Å². The topological polar surface area (TPSA) is 41.6 Å². The second kappa shape index (κ2) is 5.01. The minimum absolute atomic E-state index is 0.0636. The molecule has 1 atom stereocenters. The van der Waals surface area contributed by atoms with Crippen molar-refractivity contribution in [2.24, 2.45) is 16.6 Å². The zero-order valence-corrected chi connectivity index (χ0v) is 11.6. The fraction of sp³-hybridized carbons (Fsp3) is 0.533. The van der Waals surface area contributed by atoms with E-state index < -0.39 is 0 Å². The predicted molar refractivity (Wildman–Crippen MR) is 76.3 cm³/mol. The zero-order chi connectivity index (χ0) is 13.2. The molecule has 0 fully saturated rings. The van der Waals surface area contributed by atoms with Crippen LogP contribution in [0.2, 0.25) is 0 Å². The maximum Gasteiger partial charge on any atom is 0.192 e. The van der Waals surface area contributed by atoms with Crippen LogP contribution in [0.15, 0.2) is 35.3 Å². The van der Waals surface area contributed by atoms with Gasteiger partial charge in [0.2, 0.25) is 0 Å². The van der Waals surface area contributed by atoms with E-state index in [-0.39, 0.29) is 5.54 Å². The van der Waals surface area contributed by atoms with Gasteiger partial charge in [0, 0.05) is 6.54 Å². The molecule has 0 aliphatic carbocycles. The Labute approximate surface area is 110 Å². The van der Waals surface area contributed by atoms with Crippen LogP contribution in [0, 0.1) is 5.92 Å². The van der Waals surface area contributed by atoms with Gasteiger partial charge in [0.05, 0.1) is 12.1 Å². The number of aliphatic imine (C=N–C) groups is 1. The standard InChI is InChI=1S/C15H23N3/c1-12(2)9-15(3)11-17-14(16)18(15)10-13-7-5-4-6-8-13/h4-8,12H,9-11H2,1-3H3,(H2,16,17). The average molecular weight is 245 g/mol. The second-order valence-corrected chi connectivity index (χ2v) is 5.84. The Morgan fingerprint density at radius 3 is 2.61 bits per heavy atom. The molecule has 1 unspecified atom stereocenters. The summed E-state index contributed by atoms with van der Waals surface area (Å²) in [4.78, 5) is 6.69. The average Bonchev–Trinajstić information content (AvgIpc) is 2.58. The number of hydrogen-bond acceptors (Lipinski definition) is 3. The highest BCUT2D eigenvalue weighted by Crippen LogP contribution is 2.29. The van der Waals surface area contributed by atoms with Crippen LogP contribution in [0.4, 0.5) is 0 Å². The van der Waals surface area contributed by atoms with E-state index in [1.807, 2.05) is 6.07 Å². The molecule has 18 heavy (non-hydrogen) atoms. The zero-order valence-electron chi connectivity index (χ0n) is 11.6. The van der Waals surface area contributed by atoms with Crippen LogP contribution >= 0.6 is 0 Å². The summed E-state index contributed by atoms with van der Waals surface area (Å²) >= 11 is 0. The normalized spacial score (nSPS) is 23.6. The maximum absolute atomic E-state index is 6.05. The van der Waals surface area contributed by atoms with E-state index in [9.17, 15) is 0 Å². The number of nitrogens with two attached hydrogens (primary N) is 1. The molecule has 2 N–H and O–H groups in total. The molecule has 0 saturated carbocycles. The van der Waals surface area contributed by atoms with Crippen molar-refractivity contribution in [2.45, 2.75) is 39.3 Å². The predicted octanol–water partition coefficient (Wildman–Crippen LogP) is 2.62. The quantitative estimate of drug-likeness (QED) is 0.886. The third kappa shape index (κ3) is 2.66. The number of hydrogen-bond donors (Lipinski definition) is 1. The molecule has 0 radical (unpaired) electrons. The Morgan fingerprint density at radius 2 is 2.00 bits per heavy atom. The van der Waals surface area contributed by atoms with Crippen LogP contribution in [0.25, 0.3) is 0 Å². The summed E-state index contributed by atoms with van der Waals surface area (Å²) < 4.78 is 0. The third-order valence-electron chi connectivity index (χ3n) is 3.54. The van der Waals surface area contributed by atoms with Crippen molar-refractivity contribution in [2.75, 3.05) is 6.54 Å². The molecule has 0 spiro atoms. The number of rotatable bonds is 4. The van der Waals surface area contributed by atoms with Crippen LogP contribution in [-0.2, 0) is 6.54 Å². The first-order valence-electron chi connectivity index (χ1n) is 6.63. The molecular formula is C15H23N3. The monoisotopic (exact) mass is 245 g/mol. The lowest BCUT2D eigenvalue weighted by Crippen LogP contribution is -2.49. The molecule has 1 aromatic rings. The van der Waals surface area contributed by atoms with Crippen LogP contribution < -0.4 is 5.73 Å². The highest BCUT2D eigenvalue weighted by Gasteiger charge is 2.38. The Hall–Kier alpha value is -1.51. The number of guanidine groups is 1. The van der Waals surface area contributed by atoms with Crippen LogP contribution in [-0.4, -0.2) is 22.9 Å². The molecular weight excluding hydrogens is 222 g/mol. The molecule has 0 bridgehead atoms. The smallest absolute Gasteiger partial charge is 0.192 e. The minimum atomic E-state index is 0.0636. The maximum atomic E-state index is 6.05.